The Bertz CT molecular complexity index is 1050. The average Bonchev–Trinajstić information content (AvgIpc) is 2.63. The largest absolute Gasteiger partial charge is 0.481 e. The second kappa shape index (κ2) is 10.9. The van der Waals surface area contributed by atoms with E-state index in [0.29, 0.717) is 0 Å². The Morgan fingerprint density at radius 3 is 2.15 bits per heavy atom. The highest BCUT2D eigenvalue weighted by Gasteiger charge is 2.48. The van der Waals surface area contributed by atoms with Crippen molar-refractivity contribution < 1.29 is 72.1 Å². The van der Waals surface area contributed by atoms with E-state index in [-0.39, 0.29) is 6.54 Å². The molecule has 21 heteroatoms. The predicted octanol–water partition coefficient (Wildman–Crippen LogP) is -4.49. The molecule has 34 heavy (non-hydrogen) atoms. The van der Waals surface area contributed by atoms with Gasteiger partial charge >= 0.3 is 37.1 Å². The maximum absolute atomic E-state index is 11.4. The number of aliphatic hydroxyl groups excluding tert-OH is 2. The Morgan fingerprint density at radius 2 is 1.65 bits per heavy atom. The molecule has 7 N–H and O–H groups in total. The number of carboxylic acids is 1. The van der Waals surface area contributed by atoms with Gasteiger partial charge in [-0.05, 0) is 0 Å². The van der Waals surface area contributed by atoms with E-state index in [0.717, 1.165) is 0 Å². The number of piperidine rings is 1. The molecule has 0 bridgehead atoms. The second-order valence-electron chi connectivity index (χ2n) is 7.66. The number of nitrogens with one attached hydrogen (secondary N) is 1. The number of aliphatic carboxylic acids is 1. The minimum atomic E-state index is -5.28. The van der Waals surface area contributed by atoms with Crippen LogP contribution in [-0.2, 0) is 49.0 Å². The van der Waals surface area contributed by atoms with E-state index in [2.05, 4.69) is 8.37 Å². The molecule has 0 amide bonds. The molecule has 3 unspecified atom stereocenters. The molecule has 0 aromatic rings. The summed E-state index contributed by atoms with van der Waals surface area (Å²) in [5.74, 6) is -4.40. The Labute approximate surface area is 194 Å². The molecule has 2 rings (SSSR count). The van der Waals surface area contributed by atoms with Crippen LogP contribution < -0.4 is 4.72 Å². The van der Waals surface area contributed by atoms with Crippen LogP contribution in [0.15, 0.2) is 0 Å². The Balaban J connectivity index is 2.41. The number of β-amino-alcohol motifs (C(OH)–C–C–N with tert-alkyl or cyclic N) is 1. The average molecular weight is 561 g/mol. The van der Waals surface area contributed by atoms with E-state index in [1.165, 1.54) is 4.90 Å². The van der Waals surface area contributed by atoms with Gasteiger partial charge in [-0.25, -0.2) is 8.37 Å². The van der Waals surface area contributed by atoms with Crippen molar-refractivity contribution in [1.82, 2.24) is 9.62 Å². The molecule has 0 spiro atoms. The number of rotatable bonds is 10. The van der Waals surface area contributed by atoms with Crippen molar-refractivity contribution in [1.29, 1.82) is 0 Å². The second-order valence-corrected chi connectivity index (χ2v) is 11.0. The molecule has 7 atom stereocenters. The number of hydrogen-bond acceptors (Lipinski definition) is 13. The summed E-state index contributed by atoms with van der Waals surface area (Å²) in [6, 6.07) is -1.67. The maximum Gasteiger partial charge on any atom is 0.397 e. The van der Waals surface area contributed by atoms with E-state index >= 15 is 0 Å². The van der Waals surface area contributed by atoms with E-state index in [1.54, 1.807) is 4.72 Å². The third-order valence-corrected chi connectivity index (χ3v) is 6.69. The Morgan fingerprint density at radius 1 is 1.03 bits per heavy atom. The normalized spacial score (nSPS) is 34.1. The minimum absolute atomic E-state index is 0.359. The van der Waals surface area contributed by atoms with Gasteiger partial charge in [0.15, 0.2) is 0 Å². The van der Waals surface area contributed by atoms with Crippen molar-refractivity contribution in [2.24, 2.45) is 11.8 Å². The number of carbonyl (C=O) groups is 1. The zero-order valence-electron chi connectivity index (χ0n) is 17.0. The van der Waals surface area contributed by atoms with Crippen molar-refractivity contribution >= 4 is 37.1 Å². The van der Waals surface area contributed by atoms with E-state index in [4.69, 9.17) is 13.8 Å². The van der Waals surface area contributed by atoms with Crippen molar-refractivity contribution in [3.05, 3.63) is 0 Å². The number of carboxylic acid groups (broad SMARTS) is 1. The van der Waals surface area contributed by atoms with Crippen molar-refractivity contribution in [2.75, 3.05) is 32.8 Å². The molecular weight excluding hydrogens is 536 g/mol. The van der Waals surface area contributed by atoms with Crippen LogP contribution >= 0.6 is 0 Å². The summed E-state index contributed by atoms with van der Waals surface area (Å²) in [5.41, 5.74) is 0. The van der Waals surface area contributed by atoms with Gasteiger partial charge in [-0.3, -0.25) is 23.4 Å². The lowest BCUT2D eigenvalue weighted by atomic mass is 9.86. The van der Waals surface area contributed by atoms with E-state index < -0.39 is 106 Å². The first-order chi connectivity index (χ1) is 15.4. The van der Waals surface area contributed by atoms with Gasteiger partial charge in [0.2, 0.25) is 0 Å². The predicted molar refractivity (Wildman–Crippen MR) is 105 cm³/mol. The van der Waals surface area contributed by atoms with Gasteiger partial charge in [0.05, 0.1) is 43.5 Å². The lowest BCUT2D eigenvalue weighted by molar-refractivity contribution is -0.160. The Hall–Kier alpha value is -1.08. The summed E-state index contributed by atoms with van der Waals surface area (Å²) >= 11 is 0. The third-order valence-electron chi connectivity index (χ3n) is 5.19. The van der Waals surface area contributed by atoms with Crippen LogP contribution in [0, 0.1) is 11.8 Å². The summed E-state index contributed by atoms with van der Waals surface area (Å²) in [6.45, 7) is -2.91. The molecule has 2 fully saturated rings. The SMILES string of the molecule is O=C(O)C1CN(C[C@@H]2C(COS(=O)(=O)O)OCC(NS(=O)(=O)O)[C@@H]2OS(=O)(=O)O)C[C@H](O)[C@@H]1O. The third kappa shape index (κ3) is 8.85. The number of aliphatic hydroxyl groups is 2. The van der Waals surface area contributed by atoms with Crippen molar-refractivity contribution in [3.8, 4) is 0 Å². The van der Waals surface area contributed by atoms with Crippen LogP contribution in [-0.4, -0.2) is 128 Å². The monoisotopic (exact) mass is 560 g/mol. The number of ether oxygens (including phenoxy) is 1. The van der Waals surface area contributed by atoms with Gasteiger partial charge in [-0.1, -0.05) is 0 Å². The minimum Gasteiger partial charge on any atom is -0.481 e. The summed E-state index contributed by atoms with van der Waals surface area (Å²) < 4.78 is 110. The van der Waals surface area contributed by atoms with Gasteiger partial charge in [0, 0.05) is 25.6 Å². The van der Waals surface area contributed by atoms with Gasteiger partial charge in [-0.15, -0.1) is 0 Å². The van der Waals surface area contributed by atoms with Gasteiger partial charge in [0.25, 0.3) is 0 Å². The lowest BCUT2D eigenvalue weighted by Gasteiger charge is -2.45. The standard InChI is InChI=1S/C13H24N2O16S3/c16-9-3-15(2-7(11(9)17)13(18)19)1-6-10(5-30-33(23,24)25)29-4-8(14-32(20,21)22)12(6)31-34(26,27)28/h6-12,14,16-17H,1-5H2,(H,18,19)(H,20,21,22)(H,23,24,25)(H,26,27,28)/t6-,7?,8?,9+,10?,11-,12-/m1/s1. The number of hydrogen-bond donors (Lipinski definition) is 7. The molecule has 2 aliphatic rings. The van der Waals surface area contributed by atoms with Crippen LogP contribution in [0.3, 0.4) is 0 Å². The van der Waals surface area contributed by atoms with Crippen LogP contribution in [0.4, 0.5) is 0 Å². The molecule has 2 heterocycles. The smallest absolute Gasteiger partial charge is 0.397 e. The van der Waals surface area contributed by atoms with Crippen LogP contribution in [0.25, 0.3) is 0 Å². The number of likely N-dealkylation sites (tertiary alicyclic amines) is 1. The lowest BCUT2D eigenvalue weighted by Crippen LogP contribution is -2.63. The zero-order chi connectivity index (χ0) is 26.1. The molecule has 0 aliphatic carbocycles. The van der Waals surface area contributed by atoms with E-state index in [9.17, 15) is 49.9 Å². The molecule has 0 saturated carbocycles. The quantitative estimate of drug-likeness (QED) is 0.124. The highest BCUT2D eigenvalue weighted by atomic mass is 32.3. The first kappa shape index (κ1) is 29.2. The first-order valence-corrected chi connectivity index (χ1v) is 13.5. The highest BCUT2D eigenvalue weighted by Crippen LogP contribution is 2.30. The molecule has 0 aromatic carbocycles. The van der Waals surface area contributed by atoms with Crippen LogP contribution in [0.5, 0.6) is 0 Å². The fourth-order valence-corrected chi connectivity index (χ4v) is 5.29. The summed E-state index contributed by atoms with van der Waals surface area (Å²) in [6.07, 6.45) is -6.55. The van der Waals surface area contributed by atoms with Crippen molar-refractivity contribution in [3.63, 3.8) is 0 Å². The number of nitrogens with zero attached hydrogens (tertiary/aromatic N) is 1. The molecule has 18 nitrogen and oxygen atoms in total. The topological polar surface area (TPSA) is 284 Å². The molecule has 2 saturated heterocycles. The van der Waals surface area contributed by atoms with Crippen LogP contribution in [0.1, 0.15) is 0 Å². The molecule has 2 aliphatic heterocycles. The molecule has 0 aromatic heterocycles. The molecule has 200 valence electrons. The van der Waals surface area contributed by atoms with Gasteiger partial charge < -0.3 is 20.1 Å². The molecular formula is C13H24N2O16S3. The molecule has 0 radical (unpaired) electrons. The van der Waals surface area contributed by atoms with Crippen molar-refractivity contribution in [2.45, 2.75) is 30.5 Å². The summed E-state index contributed by atoms with van der Waals surface area (Å²) in [5, 5.41) is 29.2. The zero-order valence-corrected chi connectivity index (χ0v) is 19.5. The fourth-order valence-electron chi connectivity index (χ4n) is 3.85. The van der Waals surface area contributed by atoms with Gasteiger partial charge in [-0.2, -0.15) is 30.0 Å². The summed E-state index contributed by atoms with van der Waals surface area (Å²) in [7, 11) is -15.3. The van der Waals surface area contributed by atoms with Gasteiger partial charge in [0.1, 0.15) is 6.10 Å². The maximum atomic E-state index is 11.4. The van der Waals surface area contributed by atoms with Crippen LogP contribution in [0.2, 0.25) is 0 Å². The highest BCUT2D eigenvalue weighted by molar-refractivity contribution is 7.83. The Kier molecular flexibility index (Phi) is 9.34. The fraction of sp³-hybridized carbons (Fsp3) is 0.923. The first-order valence-electron chi connectivity index (χ1n) is 9.31. The summed E-state index contributed by atoms with van der Waals surface area (Å²) in [4.78, 5) is 12.6. The van der Waals surface area contributed by atoms with E-state index in [1.807, 2.05) is 0 Å².